The van der Waals surface area contributed by atoms with Gasteiger partial charge in [-0.15, -0.1) is 5.16 Å². The largest absolute Gasteiger partial charge is 0.411 e. The van der Waals surface area contributed by atoms with Gasteiger partial charge in [0.2, 0.25) is 6.04 Å². The van der Waals surface area contributed by atoms with Crippen LogP contribution in [0.25, 0.3) is 4.85 Å². The fourth-order valence-electron chi connectivity index (χ4n) is 5.06. The van der Waals surface area contributed by atoms with Gasteiger partial charge in [0.05, 0.1) is 11.8 Å². The number of piperidine rings is 2. The Morgan fingerprint density at radius 1 is 0.935 bits per heavy atom. The van der Waals surface area contributed by atoms with E-state index in [1.165, 1.54) is 0 Å². The zero-order valence-electron chi connectivity index (χ0n) is 16.7. The first-order valence-corrected chi connectivity index (χ1v) is 11.1. The molecule has 0 radical (unpaired) electrons. The molecular formula is C22H22Cl2N6O. The fraction of sp³-hybridized carbons (Fsp3) is 0.455. The molecule has 2 saturated heterocycles. The molecule has 2 unspecified atom stereocenters. The average molecular weight is 457 g/mol. The van der Waals surface area contributed by atoms with E-state index in [0.29, 0.717) is 29.6 Å². The van der Waals surface area contributed by atoms with Crippen molar-refractivity contribution in [1.82, 2.24) is 9.97 Å². The van der Waals surface area contributed by atoms with Crippen LogP contribution in [-0.4, -0.2) is 53.6 Å². The molecule has 6 rings (SSSR count). The van der Waals surface area contributed by atoms with E-state index in [-0.39, 0.29) is 6.04 Å². The topological polar surface area (TPSA) is 69.2 Å². The molecule has 4 fully saturated rings. The molecule has 2 aromatic rings. The highest BCUT2D eigenvalue weighted by molar-refractivity contribution is 6.31. The van der Waals surface area contributed by atoms with Crippen LogP contribution in [0.2, 0.25) is 10.0 Å². The van der Waals surface area contributed by atoms with Gasteiger partial charge in [-0.3, -0.25) is 0 Å². The molecule has 2 aliphatic carbocycles. The predicted octanol–water partition coefficient (Wildman–Crippen LogP) is 3.97. The second-order valence-corrected chi connectivity index (χ2v) is 9.46. The lowest BCUT2D eigenvalue weighted by atomic mass is 10.3. The normalized spacial score (nSPS) is 32.2. The summed E-state index contributed by atoms with van der Waals surface area (Å²) in [4.78, 5) is 16.7. The molecule has 0 aromatic carbocycles. The molecule has 4 aliphatic rings. The van der Waals surface area contributed by atoms with Crippen LogP contribution in [0.5, 0.6) is 0 Å². The number of halogens is 2. The predicted molar refractivity (Wildman–Crippen MR) is 121 cm³/mol. The third-order valence-corrected chi connectivity index (χ3v) is 7.33. The van der Waals surface area contributed by atoms with E-state index in [4.69, 9.17) is 35.0 Å². The number of anilines is 2. The van der Waals surface area contributed by atoms with Gasteiger partial charge in [0.1, 0.15) is 11.6 Å². The number of nitrogens with zero attached hydrogens (tertiary/aromatic N) is 6. The van der Waals surface area contributed by atoms with Gasteiger partial charge in [0.25, 0.3) is 0 Å². The van der Waals surface area contributed by atoms with E-state index in [0.717, 1.165) is 47.9 Å². The van der Waals surface area contributed by atoms with Crippen molar-refractivity contribution in [3.63, 3.8) is 0 Å². The summed E-state index contributed by atoms with van der Waals surface area (Å²) in [6, 6.07) is 7.62. The van der Waals surface area contributed by atoms with Crippen LogP contribution < -0.4 is 9.80 Å². The number of oxime groups is 1. The van der Waals surface area contributed by atoms with Gasteiger partial charge in [0.15, 0.2) is 0 Å². The molecule has 7 nitrogen and oxygen atoms in total. The molecule has 2 saturated carbocycles. The minimum Gasteiger partial charge on any atom is -0.411 e. The van der Waals surface area contributed by atoms with Crippen LogP contribution in [0.3, 0.4) is 0 Å². The first-order valence-electron chi connectivity index (χ1n) is 10.4. The Hall–Kier alpha value is -2.56. The maximum atomic E-state index is 8.48. The minimum absolute atomic E-state index is 0.278. The first-order chi connectivity index (χ1) is 15.1. The van der Waals surface area contributed by atoms with Crippen LogP contribution in [0.1, 0.15) is 0 Å². The SMILES string of the molecule is O/N=C/C1[C@H]2CN(c3cc(Cl)ccn3)C[C@@H]12.[C-]#[N+]C1[C@H]2CN(c3cc(Cl)ccn3)C[C@@H]12. The van der Waals surface area contributed by atoms with Gasteiger partial charge in [-0.05, 0) is 36.1 Å². The lowest BCUT2D eigenvalue weighted by Gasteiger charge is -2.19. The maximum absolute atomic E-state index is 8.48. The Morgan fingerprint density at radius 3 is 1.84 bits per heavy atom. The van der Waals surface area contributed by atoms with Crippen LogP contribution in [0.4, 0.5) is 11.6 Å². The van der Waals surface area contributed by atoms with Crippen molar-refractivity contribution in [3.05, 3.63) is 58.1 Å². The number of hydrogen-bond donors (Lipinski definition) is 1. The molecule has 31 heavy (non-hydrogen) atoms. The number of fused-ring (bicyclic) bond motifs is 2. The van der Waals surface area contributed by atoms with Crippen molar-refractivity contribution >= 4 is 41.1 Å². The zero-order chi connectivity index (χ0) is 21.5. The molecular weight excluding hydrogens is 435 g/mol. The van der Waals surface area contributed by atoms with E-state index >= 15 is 0 Å². The van der Waals surface area contributed by atoms with Gasteiger partial charge >= 0.3 is 0 Å². The first kappa shape index (κ1) is 20.3. The monoisotopic (exact) mass is 456 g/mol. The van der Waals surface area contributed by atoms with E-state index in [1.807, 2.05) is 12.1 Å². The van der Waals surface area contributed by atoms with E-state index < -0.39 is 0 Å². The smallest absolute Gasteiger partial charge is 0.233 e. The van der Waals surface area contributed by atoms with Crippen LogP contribution in [0, 0.1) is 36.2 Å². The lowest BCUT2D eigenvalue weighted by molar-refractivity contribution is 0.319. The Morgan fingerprint density at radius 2 is 1.42 bits per heavy atom. The number of aromatic nitrogens is 2. The van der Waals surface area contributed by atoms with E-state index in [1.54, 1.807) is 30.7 Å². The van der Waals surface area contributed by atoms with E-state index in [9.17, 15) is 0 Å². The van der Waals surface area contributed by atoms with Gasteiger partial charge in [-0.1, -0.05) is 23.2 Å². The third kappa shape index (κ3) is 4.02. The highest BCUT2D eigenvalue weighted by Gasteiger charge is 2.62. The third-order valence-electron chi connectivity index (χ3n) is 6.86. The van der Waals surface area contributed by atoms with Crippen LogP contribution >= 0.6 is 23.2 Å². The van der Waals surface area contributed by atoms with Crippen LogP contribution in [0.15, 0.2) is 41.8 Å². The van der Waals surface area contributed by atoms with Gasteiger partial charge in [-0.25, -0.2) is 16.5 Å². The maximum Gasteiger partial charge on any atom is 0.233 e. The van der Waals surface area contributed by atoms with Crippen molar-refractivity contribution < 1.29 is 5.21 Å². The van der Waals surface area contributed by atoms with Crippen molar-refractivity contribution in [2.45, 2.75) is 6.04 Å². The number of hydrogen-bond acceptors (Lipinski definition) is 6. The highest BCUT2D eigenvalue weighted by atomic mass is 35.5. The molecule has 0 amide bonds. The molecule has 0 bridgehead atoms. The minimum atomic E-state index is 0.278. The second-order valence-electron chi connectivity index (χ2n) is 8.59. The molecule has 6 atom stereocenters. The average Bonchev–Trinajstić information content (AvgIpc) is 3.43. The second kappa shape index (κ2) is 8.18. The lowest BCUT2D eigenvalue weighted by Crippen LogP contribution is -2.25. The summed E-state index contributed by atoms with van der Waals surface area (Å²) in [7, 11) is 0. The highest BCUT2D eigenvalue weighted by Crippen LogP contribution is 2.51. The Balaban J connectivity index is 0.000000132. The van der Waals surface area contributed by atoms with Gasteiger partial charge < -0.3 is 19.9 Å². The molecule has 160 valence electrons. The summed E-state index contributed by atoms with van der Waals surface area (Å²) in [5.74, 6) is 4.73. The number of rotatable bonds is 3. The Kier molecular flexibility index (Phi) is 5.37. The summed E-state index contributed by atoms with van der Waals surface area (Å²) >= 11 is 11.8. The molecule has 9 heteroatoms. The van der Waals surface area contributed by atoms with Gasteiger partial charge in [0, 0.05) is 60.8 Å². The Labute approximate surface area is 191 Å². The van der Waals surface area contributed by atoms with Crippen molar-refractivity contribution in [2.75, 3.05) is 36.0 Å². The molecule has 0 spiro atoms. The summed E-state index contributed by atoms with van der Waals surface area (Å²) < 4.78 is 0. The van der Waals surface area contributed by atoms with Crippen molar-refractivity contribution in [2.24, 2.45) is 34.7 Å². The van der Waals surface area contributed by atoms with Crippen molar-refractivity contribution in [3.8, 4) is 0 Å². The summed E-state index contributed by atoms with van der Waals surface area (Å²) in [6.07, 6.45) is 5.11. The fourth-order valence-corrected chi connectivity index (χ4v) is 5.37. The quantitative estimate of drug-likeness (QED) is 0.327. The molecule has 2 aromatic heterocycles. The zero-order valence-corrected chi connectivity index (χ0v) is 18.2. The summed E-state index contributed by atoms with van der Waals surface area (Å²) in [6.45, 7) is 10.9. The molecule has 1 N–H and O–H groups in total. The standard InChI is InChI=1S/C11H12ClN3O.C11H10ClN3/c12-7-1-2-13-11(3-7)15-5-9-8(4-14-16)10(9)6-15;1-13-11-8-5-15(6-9(8)11)10-4-7(12)2-3-14-10/h1-4,8-10,16H,5-6H2;2-4,8-9,11H,5-6H2/b14-4+;/t8?,9-,10+;8-,9+,11?. The number of pyridine rings is 2. The van der Waals surface area contributed by atoms with Gasteiger partial charge in [-0.2, -0.15) is 0 Å². The van der Waals surface area contributed by atoms with Crippen LogP contribution in [-0.2, 0) is 0 Å². The molecule has 4 heterocycles. The Bertz CT molecular complexity index is 1020. The van der Waals surface area contributed by atoms with E-state index in [2.05, 4.69) is 29.8 Å². The molecule has 2 aliphatic heterocycles. The summed E-state index contributed by atoms with van der Waals surface area (Å²) in [5.41, 5.74) is 0. The van der Waals surface area contributed by atoms with Crippen molar-refractivity contribution in [1.29, 1.82) is 0 Å². The summed E-state index contributed by atoms with van der Waals surface area (Å²) in [5, 5.41) is 13.0.